The van der Waals surface area contributed by atoms with Crippen LogP contribution in [-0.4, -0.2) is 21.4 Å². The van der Waals surface area contributed by atoms with E-state index in [1.807, 2.05) is 60.1 Å². The molecule has 5 rings (SSSR count). The molecule has 0 bridgehead atoms. The van der Waals surface area contributed by atoms with Gasteiger partial charge in [-0.15, -0.1) is 0 Å². The summed E-state index contributed by atoms with van der Waals surface area (Å²) in [6, 6.07) is 18.0. The van der Waals surface area contributed by atoms with Crippen LogP contribution in [0.15, 0.2) is 54.6 Å². The molecule has 1 atom stereocenters. The summed E-state index contributed by atoms with van der Waals surface area (Å²) in [6.45, 7) is 4.79. The van der Waals surface area contributed by atoms with Gasteiger partial charge in [-0.2, -0.15) is 5.10 Å². The van der Waals surface area contributed by atoms with Crippen molar-refractivity contribution in [2.45, 2.75) is 26.3 Å². The molecular weight excluding hydrogens is 384 g/mol. The van der Waals surface area contributed by atoms with Crippen molar-refractivity contribution >= 4 is 28.5 Å². The van der Waals surface area contributed by atoms with Crippen LogP contribution in [0.3, 0.4) is 0 Å². The Morgan fingerprint density at radius 3 is 2.76 bits per heavy atom. The molecule has 0 saturated heterocycles. The van der Waals surface area contributed by atoms with Crippen molar-refractivity contribution in [3.63, 3.8) is 0 Å². The lowest BCUT2D eigenvalue weighted by Crippen LogP contribution is -2.21. The first-order valence-corrected chi connectivity index (χ1v) is 10.1. The first-order valence-electron chi connectivity index (χ1n) is 9.71. The molecular formula is C23H21ClN4O. The highest BCUT2D eigenvalue weighted by molar-refractivity contribution is 6.30. The molecule has 1 aliphatic rings. The number of aryl methyl sites for hydroxylation is 2. The number of nitrogens with one attached hydrogen (secondary N) is 1. The van der Waals surface area contributed by atoms with E-state index in [1.54, 1.807) is 0 Å². The van der Waals surface area contributed by atoms with Gasteiger partial charge in [-0.1, -0.05) is 29.8 Å². The number of fused-ring (bicyclic) bond motifs is 2. The number of hydrogen-bond acceptors (Lipinski definition) is 4. The van der Waals surface area contributed by atoms with Crippen molar-refractivity contribution in [3.8, 4) is 11.4 Å². The number of hydrogen-bond donors (Lipinski definition) is 1. The van der Waals surface area contributed by atoms with Crippen molar-refractivity contribution in [1.29, 1.82) is 0 Å². The summed E-state index contributed by atoms with van der Waals surface area (Å²) in [4.78, 5) is 4.94. The van der Waals surface area contributed by atoms with Crippen molar-refractivity contribution in [2.24, 2.45) is 0 Å². The number of halogens is 1. The molecule has 5 nitrogen and oxygen atoms in total. The summed E-state index contributed by atoms with van der Waals surface area (Å²) in [5.41, 5.74) is 5.04. The SMILES string of the molecule is Cc1cc(NC2CCOc3ccc(Cl)cc32)nc2c1c(C)nn2-c1ccccc1. The maximum atomic E-state index is 6.23. The monoisotopic (exact) mass is 404 g/mol. The van der Waals surface area contributed by atoms with Crippen LogP contribution in [0.4, 0.5) is 5.82 Å². The minimum atomic E-state index is 0.0935. The molecule has 1 N–H and O–H groups in total. The van der Waals surface area contributed by atoms with Gasteiger partial charge in [-0.25, -0.2) is 9.67 Å². The van der Waals surface area contributed by atoms with Crippen LogP contribution in [-0.2, 0) is 0 Å². The first-order chi connectivity index (χ1) is 14.1. The third-order valence-electron chi connectivity index (χ3n) is 5.34. The van der Waals surface area contributed by atoms with E-state index in [-0.39, 0.29) is 6.04 Å². The van der Waals surface area contributed by atoms with E-state index in [2.05, 4.69) is 18.3 Å². The zero-order valence-electron chi connectivity index (χ0n) is 16.3. The molecule has 1 aliphatic heterocycles. The van der Waals surface area contributed by atoms with Crippen molar-refractivity contribution < 1.29 is 4.74 Å². The Labute approximate surface area is 174 Å². The quantitative estimate of drug-likeness (QED) is 0.481. The van der Waals surface area contributed by atoms with Gasteiger partial charge >= 0.3 is 0 Å². The van der Waals surface area contributed by atoms with Gasteiger partial charge in [-0.05, 0) is 55.8 Å². The van der Waals surface area contributed by atoms with Gasteiger partial charge in [0.25, 0.3) is 0 Å². The normalized spacial score (nSPS) is 15.8. The summed E-state index contributed by atoms with van der Waals surface area (Å²) in [6.07, 6.45) is 0.850. The Bertz CT molecular complexity index is 1200. The van der Waals surface area contributed by atoms with E-state index in [4.69, 9.17) is 26.4 Å². The topological polar surface area (TPSA) is 52.0 Å². The van der Waals surface area contributed by atoms with E-state index < -0.39 is 0 Å². The number of para-hydroxylation sites is 1. The Kier molecular flexibility index (Phi) is 4.40. The fourth-order valence-electron chi connectivity index (χ4n) is 4.02. The average molecular weight is 405 g/mol. The van der Waals surface area contributed by atoms with Gasteiger partial charge in [0, 0.05) is 22.4 Å². The molecule has 1 unspecified atom stereocenters. The summed E-state index contributed by atoms with van der Waals surface area (Å²) in [5.74, 6) is 1.70. The lowest BCUT2D eigenvalue weighted by Gasteiger charge is -2.27. The molecule has 29 heavy (non-hydrogen) atoms. The maximum Gasteiger partial charge on any atom is 0.165 e. The van der Waals surface area contributed by atoms with Crippen LogP contribution in [0.1, 0.15) is 29.3 Å². The van der Waals surface area contributed by atoms with Crippen molar-refractivity contribution in [3.05, 3.63) is 76.4 Å². The molecule has 0 spiro atoms. The number of aromatic nitrogens is 3. The van der Waals surface area contributed by atoms with Gasteiger partial charge in [0.05, 0.1) is 24.0 Å². The number of anilines is 1. The van der Waals surface area contributed by atoms with Crippen molar-refractivity contribution in [1.82, 2.24) is 14.8 Å². The number of pyridine rings is 1. The minimum Gasteiger partial charge on any atom is -0.493 e. The molecule has 2 aromatic heterocycles. The van der Waals surface area contributed by atoms with Crippen LogP contribution in [0.5, 0.6) is 5.75 Å². The number of rotatable bonds is 3. The number of benzene rings is 2. The van der Waals surface area contributed by atoms with E-state index >= 15 is 0 Å². The molecule has 4 aromatic rings. The summed E-state index contributed by atoms with van der Waals surface area (Å²) < 4.78 is 7.70. The Balaban J connectivity index is 1.58. The highest BCUT2D eigenvalue weighted by Gasteiger charge is 2.23. The van der Waals surface area contributed by atoms with E-state index in [0.717, 1.165) is 51.5 Å². The van der Waals surface area contributed by atoms with Gasteiger partial charge < -0.3 is 10.1 Å². The fraction of sp³-hybridized carbons (Fsp3) is 0.217. The zero-order chi connectivity index (χ0) is 20.0. The molecule has 3 heterocycles. The van der Waals surface area contributed by atoms with E-state index in [0.29, 0.717) is 11.6 Å². The Morgan fingerprint density at radius 2 is 1.93 bits per heavy atom. The molecule has 0 radical (unpaired) electrons. The summed E-state index contributed by atoms with van der Waals surface area (Å²) in [7, 11) is 0. The van der Waals surface area contributed by atoms with Crippen LogP contribution in [0.25, 0.3) is 16.7 Å². The van der Waals surface area contributed by atoms with Gasteiger partial charge in [-0.3, -0.25) is 0 Å². The molecule has 0 fully saturated rings. The van der Waals surface area contributed by atoms with Gasteiger partial charge in [0.1, 0.15) is 11.6 Å². The molecule has 146 valence electrons. The van der Waals surface area contributed by atoms with E-state index in [1.165, 1.54) is 0 Å². The number of ether oxygens (including phenoxy) is 1. The Morgan fingerprint density at radius 1 is 1.10 bits per heavy atom. The van der Waals surface area contributed by atoms with Crippen LogP contribution < -0.4 is 10.1 Å². The third-order valence-corrected chi connectivity index (χ3v) is 5.58. The van der Waals surface area contributed by atoms with Crippen LogP contribution >= 0.6 is 11.6 Å². The average Bonchev–Trinajstić information content (AvgIpc) is 3.06. The third kappa shape index (κ3) is 3.21. The van der Waals surface area contributed by atoms with Gasteiger partial charge in [0.2, 0.25) is 0 Å². The second-order valence-corrected chi connectivity index (χ2v) is 7.81. The van der Waals surface area contributed by atoms with E-state index in [9.17, 15) is 0 Å². The smallest absolute Gasteiger partial charge is 0.165 e. The summed E-state index contributed by atoms with van der Waals surface area (Å²) in [5, 5.41) is 10.1. The van der Waals surface area contributed by atoms with Crippen molar-refractivity contribution in [2.75, 3.05) is 11.9 Å². The molecule has 0 amide bonds. The molecule has 0 saturated carbocycles. The predicted octanol–water partition coefficient (Wildman–Crippen LogP) is 5.63. The predicted molar refractivity (Wildman–Crippen MR) is 116 cm³/mol. The minimum absolute atomic E-state index is 0.0935. The molecule has 2 aromatic carbocycles. The van der Waals surface area contributed by atoms with Crippen LogP contribution in [0, 0.1) is 13.8 Å². The number of nitrogens with zero attached hydrogens (tertiary/aromatic N) is 3. The standard InChI is InChI=1S/C23H21ClN4O/c1-14-12-21(25-19-10-11-29-20-9-8-16(24)13-18(19)20)26-23-22(14)15(2)27-28(23)17-6-4-3-5-7-17/h3-9,12-13,19H,10-11H2,1-2H3,(H,25,26). The first kappa shape index (κ1) is 18.0. The van der Waals surface area contributed by atoms with Crippen LogP contribution in [0.2, 0.25) is 5.02 Å². The largest absolute Gasteiger partial charge is 0.493 e. The fourth-order valence-corrected chi connectivity index (χ4v) is 4.20. The van der Waals surface area contributed by atoms with Gasteiger partial charge in [0.15, 0.2) is 5.65 Å². The highest BCUT2D eigenvalue weighted by Crippen LogP contribution is 2.36. The second kappa shape index (κ2) is 7.08. The molecule has 6 heteroatoms. The maximum absolute atomic E-state index is 6.23. The summed E-state index contributed by atoms with van der Waals surface area (Å²) >= 11 is 6.23. The lowest BCUT2D eigenvalue weighted by atomic mass is 10.0. The zero-order valence-corrected chi connectivity index (χ0v) is 17.1. The Hall–Kier alpha value is -3.05. The highest BCUT2D eigenvalue weighted by atomic mass is 35.5. The lowest BCUT2D eigenvalue weighted by molar-refractivity contribution is 0.274. The molecule has 0 aliphatic carbocycles. The second-order valence-electron chi connectivity index (χ2n) is 7.37.